The van der Waals surface area contributed by atoms with Crippen LogP contribution in [-0.4, -0.2) is 36.1 Å². The molecule has 0 saturated carbocycles. The summed E-state index contributed by atoms with van der Waals surface area (Å²) in [6.45, 7) is 3.20. The topological polar surface area (TPSA) is 54.1 Å². The first-order valence-corrected chi connectivity index (χ1v) is 7.59. The van der Waals surface area contributed by atoms with Crippen LogP contribution in [0.1, 0.15) is 16.8 Å². The smallest absolute Gasteiger partial charge is 0.151 e. The molecule has 0 radical (unpaired) electrons. The van der Waals surface area contributed by atoms with Crippen molar-refractivity contribution >= 4 is 17.4 Å². The Morgan fingerprint density at radius 2 is 2.09 bits per heavy atom. The van der Waals surface area contributed by atoms with Gasteiger partial charge in [0, 0.05) is 43.3 Å². The Morgan fingerprint density at radius 3 is 2.82 bits per heavy atom. The van der Waals surface area contributed by atoms with Crippen LogP contribution < -0.4 is 4.90 Å². The summed E-state index contributed by atoms with van der Waals surface area (Å²) in [6, 6.07) is 9.57. The quantitative estimate of drug-likeness (QED) is 0.872. The number of morpholine rings is 1. The van der Waals surface area contributed by atoms with E-state index in [-0.39, 0.29) is 0 Å². The molecule has 1 saturated heterocycles. The van der Waals surface area contributed by atoms with Crippen molar-refractivity contribution < 1.29 is 4.74 Å². The van der Waals surface area contributed by atoms with Crippen molar-refractivity contribution in [2.24, 2.45) is 7.05 Å². The van der Waals surface area contributed by atoms with Crippen LogP contribution in [0, 0.1) is 11.3 Å². The normalized spacial score (nSPS) is 14.9. The zero-order valence-electron chi connectivity index (χ0n) is 12.4. The molecular weight excluding hydrogens is 300 g/mol. The van der Waals surface area contributed by atoms with Crippen molar-refractivity contribution in [1.82, 2.24) is 9.78 Å². The maximum absolute atomic E-state index is 9.02. The molecule has 2 heterocycles. The van der Waals surface area contributed by atoms with Crippen molar-refractivity contribution in [2.45, 2.75) is 6.42 Å². The fourth-order valence-corrected chi connectivity index (χ4v) is 2.76. The molecule has 6 heteroatoms. The van der Waals surface area contributed by atoms with Gasteiger partial charge in [-0.3, -0.25) is 4.68 Å². The largest absolute Gasteiger partial charge is 0.378 e. The summed E-state index contributed by atoms with van der Waals surface area (Å²) in [6.07, 6.45) is 0.655. The van der Waals surface area contributed by atoms with Crippen LogP contribution in [0.15, 0.2) is 24.3 Å². The van der Waals surface area contributed by atoms with E-state index in [4.69, 9.17) is 21.6 Å². The number of halogens is 1. The van der Waals surface area contributed by atoms with Gasteiger partial charge in [-0.1, -0.05) is 11.6 Å². The Morgan fingerprint density at radius 1 is 1.32 bits per heavy atom. The molecule has 0 atom stereocenters. The average Bonchev–Trinajstić information content (AvgIpc) is 2.91. The predicted molar refractivity (Wildman–Crippen MR) is 85.2 cm³/mol. The Balaban J connectivity index is 1.84. The lowest BCUT2D eigenvalue weighted by Crippen LogP contribution is -2.36. The van der Waals surface area contributed by atoms with Crippen LogP contribution in [0.25, 0.3) is 0 Å². The summed E-state index contributed by atoms with van der Waals surface area (Å²) >= 11 is 6.24. The molecule has 0 aliphatic carbocycles. The Kier molecular flexibility index (Phi) is 4.32. The summed E-state index contributed by atoms with van der Waals surface area (Å²) in [4.78, 5) is 2.22. The first kappa shape index (κ1) is 14.9. The summed E-state index contributed by atoms with van der Waals surface area (Å²) in [5.74, 6) is 0.966. The van der Waals surface area contributed by atoms with Gasteiger partial charge in [0.2, 0.25) is 0 Å². The molecule has 2 aromatic rings. The third kappa shape index (κ3) is 3.08. The first-order chi connectivity index (χ1) is 10.7. The molecule has 1 aromatic heterocycles. The van der Waals surface area contributed by atoms with Crippen LogP contribution in [0.5, 0.6) is 0 Å². The second-order valence-electron chi connectivity index (χ2n) is 5.31. The van der Waals surface area contributed by atoms with Gasteiger partial charge >= 0.3 is 0 Å². The number of nitriles is 1. The predicted octanol–water partition coefficient (Wildman–Crippen LogP) is 2.37. The third-order valence-electron chi connectivity index (χ3n) is 3.85. The van der Waals surface area contributed by atoms with Gasteiger partial charge in [-0.25, -0.2) is 0 Å². The molecule has 0 N–H and O–H groups in total. The molecule has 0 unspecified atom stereocenters. The highest BCUT2D eigenvalue weighted by atomic mass is 35.5. The minimum atomic E-state index is 0.620. The van der Waals surface area contributed by atoms with E-state index in [1.54, 1.807) is 12.1 Å². The maximum Gasteiger partial charge on any atom is 0.151 e. The Labute approximate surface area is 134 Å². The van der Waals surface area contributed by atoms with E-state index < -0.39 is 0 Å². The van der Waals surface area contributed by atoms with Gasteiger partial charge in [0.25, 0.3) is 0 Å². The molecule has 0 spiro atoms. The van der Waals surface area contributed by atoms with E-state index in [0.717, 1.165) is 43.4 Å². The number of hydrogen-bond acceptors (Lipinski definition) is 4. The molecule has 0 bridgehead atoms. The molecule has 22 heavy (non-hydrogen) atoms. The molecule has 114 valence electrons. The average molecular weight is 317 g/mol. The summed E-state index contributed by atoms with van der Waals surface area (Å²) in [5.41, 5.74) is 2.63. The summed E-state index contributed by atoms with van der Waals surface area (Å²) < 4.78 is 7.25. The number of anilines is 1. The molecule has 1 aliphatic rings. The fourth-order valence-electron chi connectivity index (χ4n) is 2.58. The number of aryl methyl sites for hydroxylation is 1. The van der Waals surface area contributed by atoms with Crippen LogP contribution >= 0.6 is 11.6 Å². The molecule has 5 nitrogen and oxygen atoms in total. The highest BCUT2D eigenvalue weighted by Gasteiger charge is 2.16. The van der Waals surface area contributed by atoms with Crippen molar-refractivity contribution in [3.63, 3.8) is 0 Å². The zero-order chi connectivity index (χ0) is 15.5. The first-order valence-electron chi connectivity index (χ1n) is 7.21. The van der Waals surface area contributed by atoms with Gasteiger partial charge in [-0.15, -0.1) is 0 Å². The summed E-state index contributed by atoms with van der Waals surface area (Å²) in [5, 5.41) is 14.3. The molecule has 1 fully saturated rings. The van der Waals surface area contributed by atoms with Crippen LogP contribution in [-0.2, 0) is 18.2 Å². The lowest BCUT2D eigenvalue weighted by atomic mass is 10.1. The lowest BCUT2D eigenvalue weighted by Gasteiger charge is -2.26. The molecule has 3 rings (SSSR count). The van der Waals surface area contributed by atoms with E-state index in [0.29, 0.717) is 17.0 Å². The number of aromatic nitrogens is 2. The van der Waals surface area contributed by atoms with Crippen LogP contribution in [0.4, 0.5) is 5.82 Å². The van der Waals surface area contributed by atoms with Crippen LogP contribution in [0.2, 0.25) is 5.02 Å². The minimum absolute atomic E-state index is 0.620. The molecule has 0 amide bonds. The van der Waals surface area contributed by atoms with Crippen LogP contribution in [0.3, 0.4) is 0 Å². The third-order valence-corrected chi connectivity index (χ3v) is 4.21. The molecular formula is C16H17ClN4O. The van der Waals surface area contributed by atoms with E-state index >= 15 is 0 Å². The van der Waals surface area contributed by atoms with Gasteiger partial charge in [0.1, 0.15) is 0 Å². The van der Waals surface area contributed by atoms with E-state index in [2.05, 4.69) is 22.1 Å². The van der Waals surface area contributed by atoms with Gasteiger partial charge in [0.05, 0.1) is 24.8 Å². The molecule has 1 aromatic carbocycles. The Bertz CT molecular complexity index is 713. The van der Waals surface area contributed by atoms with Crippen molar-refractivity contribution in [1.29, 1.82) is 5.26 Å². The van der Waals surface area contributed by atoms with Crippen molar-refractivity contribution in [2.75, 3.05) is 31.2 Å². The van der Waals surface area contributed by atoms with Gasteiger partial charge < -0.3 is 9.64 Å². The van der Waals surface area contributed by atoms with Crippen molar-refractivity contribution in [3.8, 4) is 6.07 Å². The van der Waals surface area contributed by atoms with Crippen molar-refractivity contribution in [3.05, 3.63) is 46.1 Å². The second-order valence-corrected chi connectivity index (χ2v) is 5.72. The van der Waals surface area contributed by atoms with Gasteiger partial charge in [-0.2, -0.15) is 10.4 Å². The number of rotatable bonds is 3. The number of nitrogens with zero attached hydrogens (tertiary/aromatic N) is 4. The standard InChI is InChI=1S/C16H17ClN4O/c1-20-14(9-13-8-12(11-18)2-3-15(13)17)10-16(19-20)21-4-6-22-7-5-21/h2-3,8,10H,4-7,9H2,1H3. The highest BCUT2D eigenvalue weighted by molar-refractivity contribution is 6.31. The zero-order valence-corrected chi connectivity index (χ0v) is 13.2. The SMILES string of the molecule is Cn1nc(N2CCOCC2)cc1Cc1cc(C#N)ccc1Cl. The summed E-state index contributed by atoms with van der Waals surface area (Å²) in [7, 11) is 1.93. The van der Waals surface area contributed by atoms with E-state index in [9.17, 15) is 0 Å². The monoisotopic (exact) mass is 316 g/mol. The van der Waals surface area contributed by atoms with E-state index in [1.807, 2.05) is 17.8 Å². The fraction of sp³-hybridized carbons (Fsp3) is 0.375. The lowest BCUT2D eigenvalue weighted by molar-refractivity contribution is 0.122. The second kappa shape index (κ2) is 6.39. The number of hydrogen-bond donors (Lipinski definition) is 0. The number of ether oxygens (including phenoxy) is 1. The minimum Gasteiger partial charge on any atom is -0.378 e. The van der Waals surface area contributed by atoms with Gasteiger partial charge in [-0.05, 0) is 23.8 Å². The Hall–Kier alpha value is -2.03. The molecule has 1 aliphatic heterocycles. The highest BCUT2D eigenvalue weighted by Crippen LogP contribution is 2.23. The van der Waals surface area contributed by atoms with E-state index in [1.165, 1.54) is 0 Å². The van der Waals surface area contributed by atoms with Gasteiger partial charge in [0.15, 0.2) is 5.82 Å². The maximum atomic E-state index is 9.02. The number of benzene rings is 1.